The van der Waals surface area contributed by atoms with Crippen LogP contribution < -0.4 is 9.21 Å². The van der Waals surface area contributed by atoms with Crippen molar-refractivity contribution in [2.45, 2.75) is 25.2 Å². The molecule has 0 saturated carbocycles. The first kappa shape index (κ1) is 23.0. The summed E-state index contributed by atoms with van der Waals surface area (Å²) >= 11 is 3.51. The van der Waals surface area contributed by atoms with E-state index in [1.54, 1.807) is 37.4 Å². The summed E-state index contributed by atoms with van der Waals surface area (Å²) in [5.41, 5.74) is 3.14. The molecule has 0 saturated heterocycles. The van der Waals surface area contributed by atoms with Crippen LogP contribution in [0.2, 0.25) is 0 Å². The first-order valence-corrected chi connectivity index (χ1v) is 12.2. The van der Waals surface area contributed by atoms with E-state index in [-0.39, 0.29) is 17.3 Å². The fourth-order valence-electron chi connectivity index (χ4n) is 3.13. The maximum Gasteiger partial charge on any atom is 0.264 e. The molecule has 0 spiro atoms. The minimum atomic E-state index is -3.97. The lowest BCUT2D eigenvalue weighted by molar-refractivity contribution is -0.116. The summed E-state index contributed by atoms with van der Waals surface area (Å²) in [7, 11) is -2.33. The Hall–Kier alpha value is -2.64. The highest BCUT2D eigenvalue weighted by molar-refractivity contribution is 9.10. The lowest BCUT2D eigenvalue weighted by Crippen LogP contribution is -2.42. The second kappa shape index (κ2) is 9.66. The van der Waals surface area contributed by atoms with Crippen LogP contribution in [0.5, 0.6) is 0 Å². The van der Waals surface area contributed by atoms with Crippen molar-refractivity contribution in [1.82, 2.24) is 0 Å². The number of nitrogens with zero attached hydrogens (tertiary/aromatic N) is 2. The number of carbonyl (C=O) groups excluding carboxylic acids is 1. The maximum atomic E-state index is 13.6. The lowest BCUT2D eigenvalue weighted by Gasteiger charge is -2.27. The third-order valence-corrected chi connectivity index (χ3v) is 7.50. The molecule has 0 aliphatic rings. The van der Waals surface area contributed by atoms with Crippen molar-refractivity contribution >= 4 is 43.2 Å². The summed E-state index contributed by atoms with van der Waals surface area (Å²) < 4.78 is 29.0. The molecule has 3 aromatic rings. The largest absolute Gasteiger partial charge is 0.314 e. The molecule has 31 heavy (non-hydrogen) atoms. The molecule has 7 heteroatoms. The smallest absolute Gasteiger partial charge is 0.264 e. The van der Waals surface area contributed by atoms with Crippen LogP contribution in [0.4, 0.5) is 11.4 Å². The molecule has 0 fully saturated rings. The Balaban J connectivity index is 2.04. The van der Waals surface area contributed by atoms with E-state index in [1.165, 1.54) is 9.21 Å². The highest BCUT2D eigenvalue weighted by atomic mass is 79.9. The van der Waals surface area contributed by atoms with Gasteiger partial charge in [0.25, 0.3) is 10.0 Å². The molecule has 0 N–H and O–H groups in total. The highest BCUT2D eigenvalue weighted by Crippen LogP contribution is 2.32. The zero-order valence-corrected chi connectivity index (χ0v) is 20.2. The Morgan fingerprint density at radius 2 is 1.61 bits per heavy atom. The average Bonchev–Trinajstić information content (AvgIpc) is 2.77. The van der Waals surface area contributed by atoms with Crippen molar-refractivity contribution in [1.29, 1.82) is 0 Å². The van der Waals surface area contributed by atoms with Gasteiger partial charge in [0.05, 0.1) is 10.6 Å². The number of para-hydroxylation sites is 1. The quantitative estimate of drug-likeness (QED) is 0.449. The lowest BCUT2D eigenvalue weighted by atomic mass is 10.1. The summed E-state index contributed by atoms with van der Waals surface area (Å²) in [6.45, 7) is 3.60. The molecule has 1 amide bonds. The molecule has 0 radical (unpaired) electrons. The molecule has 3 rings (SSSR count). The molecule has 5 nitrogen and oxygen atoms in total. The Kier molecular flexibility index (Phi) is 7.18. The Bertz CT molecular complexity index is 1160. The van der Waals surface area contributed by atoms with Gasteiger partial charge in [-0.1, -0.05) is 48.9 Å². The molecule has 0 unspecified atom stereocenters. The van der Waals surface area contributed by atoms with E-state index in [0.29, 0.717) is 15.8 Å². The number of aryl methyl sites for hydroxylation is 2. The van der Waals surface area contributed by atoms with E-state index in [1.807, 2.05) is 56.3 Å². The number of hydrogen-bond acceptors (Lipinski definition) is 3. The van der Waals surface area contributed by atoms with E-state index >= 15 is 0 Å². The summed E-state index contributed by atoms with van der Waals surface area (Å²) in [6.07, 6.45) is 0.819. The van der Waals surface area contributed by atoms with Crippen molar-refractivity contribution in [3.8, 4) is 0 Å². The number of benzene rings is 3. The number of rotatable bonds is 7. The molecule has 162 valence electrons. The number of likely N-dealkylation sites (N-methyl/N-ethyl adjacent to an activating group) is 1. The molecule has 3 aromatic carbocycles. The third-order valence-electron chi connectivity index (χ3n) is 5.09. The fraction of sp³-hybridized carbons (Fsp3) is 0.208. The number of halogens is 1. The molecule has 0 aliphatic carbocycles. The van der Waals surface area contributed by atoms with Crippen LogP contribution in [-0.4, -0.2) is 27.9 Å². The van der Waals surface area contributed by atoms with Gasteiger partial charge in [0.2, 0.25) is 5.91 Å². The van der Waals surface area contributed by atoms with E-state index in [9.17, 15) is 13.2 Å². The second-order valence-corrected chi connectivity index (χ2v) is 9.97. The number of anilines is 2. The normalized spacial score (nSPS) is 11.2. The standard InChI is InChI=1S/C24H25BrN2O3S/c1-4-19-12-15-23(22(25)16-19)27(31(29,30)21-13-10-18(2)11-14-21)17-24(28)26(3)20-8-6-5-7-9-20/h5-16H,4,17H2,1-3H3. The topological polar surface area (TPSA) is 57.7 Å². The number of hydrogen-bond donors (Lipinski definition) is 0. The van der Waals surface area contributed by atoms with Gasteiger partial charge >= 0.3 is 0 Å². The van der Waals surface area contributed by atoms with Crippen molar-refractivity contribution in [3.05, 3.63) is 88.4 Å². The van der Waals surface area contributed by atoms with Gasteiger partial charge in [-0.3, -0.25) is 9.10 Å². The van der Waals surface area contributed by atoms with Gasteiger partial charge in [-0.2, -0.15) is 0 Å². The number of sulfonamides is 1. The van der Waals surface area contributed by atoms with Crippen LogP contribution >= 0.6 is 15.9 Å². The van der Waals surface area contributed by atoms with Gasteiger partial charge in [0, 0.05) is 17.2 Å². The van der Waals surface area contributed by atoms with E-state index in [2.05, 4.69) is 15.9 Å². The van der Waals surface area contributed by atoms with Crippen LogP contribution in [0.1, 0.15) is 18.1 Å². The summed E-state index contributed by atoms with van der Waals surface area (Å²) in [4.78, 5) is 14.7. The summed E-state index contributed by atoms with van der Waals surface area (Å²) in [5.74, 6) is -0.339. The highest BCUT2D eigenvalue weighted by Gasteiger charge is 2.30. The predicted octanol–water partition coefficient (Wildman–Crippen LogP) is 5.18. The average molecular weight is 501 g/mol. The van der Waals surface area contributed by atoms with Crippen LogP contribution in [0.15, 0.2) is 82.2 Å². The minimum absolute atomic E-state index is 0.139. The maximum absolute atomic E-state index is 13.6. The fourth-order valence-corrected chi connectivity index (χ4v) is 5.32. The molecule has 0 aliphatic heterocycles. The predicted molar refractivity (Wildman–Crippen MR) is 129 cm³/mol. The molecule has 0 heterocycles. The van der Waals surface area contributed by atoms with Crippen molar-refractivity contribution < 1.29 is 13.2 Å². The van der Waals surface area contributed by atoms with Crippen molar-refractivity contribution in [2.75, 3.05) is 22.8 Å². The van der Waals surface area contributed by atoms with Crippen molar-refractivity contribution in [3.63, 3.8) is 0 Å². The van der Waals surface area contributed by atoms with E-state index in [4.69, 9.17) is 0 Å². The first-order valence-electron chi connectivity index (χ1n) is 9.93. The Labute approximate surface area is 192 Å². The SMILES string of the molecule is CCc1ccc(N(CC(=O)N(C)c2ccccc2)S(=O)(=O)c2ccc(C)cc2)c(Br)c1. The molecule has 0 bridgehead atoms. The first-order chi connectivity index (χ1) is 14.7. The molecular weight excluding hydrogens is 476 g/mol. The Morgan fingerprint density at radius 1 is 0.968 bits per heavy atom. The van der Waals surface area contributed by atoms with Gasteiger partial charge in [0.15, 0.2) is 0 Å². The van der Waals surface area contributed by atoms with Crippen LogP contribution in [0, 0.1) is 6.92 Å². The van der Waals surface area contributed by atoms with Gasteiger partial charge in [-0.25, -0.2) is 8.42 Å². The van der Waals surface area contributed by atoms with Crippen LogP contribution in [0.25, 0.3) is 0 Å². The zero-order valence-electron chi connectivity index (χ0n) is 17.7. The van der Waals surface area contributed by atoms with E-state index in [0.717, 1.165) is 17.5 Å². The number of amides is 1. The third kappa shape index (κ3) is 5.17. The summed E-state index contributed by atoms with van der Waals surface area (Å²) in [6, 6.07) is 21.3. The van der Waals surface area contributed by atoms with Gasteiger partial charge < -0.3 is 4.90 Å². The van der Waals surface area contributed by atoms with Gasteiger partial charge in [0.1, 0.15) is 6.54 Å². The number of carbonyl (C=O) groups is 1. The van der Waals surface area contributed by atoms with Crippen LogP contribution in [-0.2, 0) is 21.2 Å². The zero-order chi connectivity index (χ0) is 22.6. The van der Waals surface area contributed by atoms with Gasteiger partial charge in [-0.15, -0.1) is 0 Å². The minimum Gasteiger partial charge on any atom is -0.314 e. The van der Waals surface area contributed by atoms with Crippen LogP contribution in [0.3, 0.4) is 0 Å². The second-order valence-electron chi connectivity index (χ2n) is 7.25. The molecule has 0 aromatic heterocycles. The van der Waals surface area contributed by atoms with E-state index < -0.39 is 10.0 Å². The monoisotopic (exact) mass is 500 g/mol. The van der Waals surface area contributed by atoms with Crippen molar-refractivity contribution in [2.24, 2.45) is 0 Å². The summed E-state index contributed by atoms with van der Waals surface area (Å²) in [5, 5.41) is 0. The molecular formula is C24H25BrN2O3S. The Morgan fingerprint density at radius 3 is 2.19 bits per heavy atom. The molecule has 0 atom stereocenters. The van der Waals surface area contributed by atoms with Gasteiger partial charge in [-0.05, 0) is 71.2 Å².